The van der Waals surface area contributed by atoms with Crippen LogP contribution in [0.5, 0.6) is 5.75 Å². The van der Waals surface area contributed by atoms with E-state index in [0.717, 1.165) is 20.3 Å². The van der Waals surface area contributed by atoms with Crippen LogP contribution in [0.4, 0.5) is 0 Å². The van der Waals surface area contributed by atoms with Crippen molar-refractivity contribution in [2.75, 3.05) is 0 Å². The van der Waals surface area contributed by atoms with Crippen molar-refractivity contribution in [1.82, 2.24) is 0 Å². The molecule has 0 radical (unpaired) electrons. The van der Waals surface area contributed by atoms with Crippen molar-refractivity contribution in [1.29, 1.82) is 5.26 Å². The Kier molecular flexibility index (Phi) is 4.40. The lowest BCUT2D eigenvalue weighted by atomic mass is 10.1. The maximum atomic E-state index is 8.99. The van der Waals surface area contributed by atoms with E-state index in [2.05, 4.69) is 37.9 Å². The second-order valence-corrected chi connectivity index (χ2v) is 5.40. The third-order valence-corrected chi connectivity index (χ3v) is 3.53. The minimum atomic E-state index is 0.379. The van der Waals surface area contributed by atoms with Gasteiger partial charge in [-0.05, 0) is 40.2 Å². The molecule has 0 saturated carbocycles. The maximum absolute atomic E-state index is 8.99. The molecule has 2 aromatic carbocycles. The predicted molar refractivity (Wildman–Crippen MR) is 77.3 cm³/mol. The van der Waals surface area contributed by atoms with Crippen LogP contribution in [0.1, 0.15) is 11.1 Å². The van der Waals surface area contributed by atoms with Gasteiger partial charge in [-0.25, -0.2) is 0 Å². The second-order valence-electron chi connectivity index (χ2n) is 3.63. The van der Waals surface area contributed by atoms with Crippen LogP contribution in [-0.4, -0.2) is 0 Å². The van der Waals surface area contributed by atoms with Crippen LogP contribution in [0.2, 0.25) is 0 Å². The zero-order chi connectivity index (χ0) is 13.0. The number of rotatable bonds is 3. The molecule has 0 atom stereocenters. The summed E-state index contributed by atoms with van der Waals surface area (Å²) in [5.41, 5.74) is 1.53. The molecule has 0 saturated heterocycles. The monoisotopic (exact) mass is 365 g/mol. The standard InChI is InChI=1S/C14H9Br2NO/c15-12-5-6-14(13(16)7-12)18-9-11-4-2-1-3-10(11)8-17/h1-7H,9H2. The molecule has 0 aromatic heterocycles. The zero-order valence-electron chi connectivity index (χ0n) is 9.36. The summed E-state index contributed by atoms with van der Waals surface area (Å²) in [5.74, 6) is 0.756. The van der Waals surface area contributed by atoms with Gasteiger partial charge >= 0.3 is 0 Å². The molecule has 4 heteroatoms. The first-order valence-corrected chi connectivity index (χ1v) is 6.85. The van der Waals surface area contributed by atoms with Crippen LogP contribution in [0.3, 0.4) is 0 Å². The van der Waals surface area contributed by atoms with E-state index >= 15 is 0 Å². The highest BCUT2D eigenvalue weighted by Gasteiger charge is 2.05. The quantitative estimate of drug-likeness (QED) is 0.791. The van der Waals surface area contributed by atoms with E-state index in [1.54, 1.807) is 6.07 Å². The van der Waals surface area contributed by atoms with E-state index in [0.29, 0.717) is 12.2 Å². The van der Waals surface area contributed by atoms with E-state index in [1.165, 1.54) is 0 Å². The van der Waals surface area contributed by atoms with Crippen molar-refractivity contribution in [3.63, 3.8) is 0 Å². The molecular formula is C14H9Br2NO. The van der Waals surface area contributed by atoms with Crippen LogP contribution in [0.25, 0.3) is 0 Å². The van der Waals surface area contributed by atoms with Crippen LogP contribution in [0, 0.1) is 11.3 Å². The second kappa shape index (κ2) is 6.03. The lowest BCUT2D eigenvalue weighted by molar-refractivity contribution is 0.304. The van der Waals surface area contributed by atoms with Crippen molar-refractivity contribution >= 4 is 31.9 Å². The summed E-state index contributed by atoms with van der Waals surface area (Å²) in [5, 5.41) is 8.99. The molecule has 0 unspecified atom stereocenters. The van der Waals surface area contributed by atoms with Crippen LogP contribution < -0.4 is 4.74 Å². The lowest BCUT2D eigenvalue weighted by Crippen LogP contribution is -1.98. The molecule has 0 aliphatic heterocycles. The Morgan fingerprint density at radius 3 is 2.61 bits per heavy atom. The van der Waals surface area contributed by atoms with Gasteiger partial charge < -0.3 is 4.74 Å². The number of nitriles is 1. The topological polar surface area (TPSA) is 33.0 Å². The van der Waals surface area contributed by atoms with Crippen molar-refractivity contribution in [3.05, 3.63) is 62.5 Å². The fourth-order valence-corrected chi connectivity index (χ4v) is 2.66. The first-order valence-electron chi connectivity index (χ1n) is 5.26. The highest BCUT2D eigenvalue weighted by atomic mass is 79.9. The summed E-state index contributed by atoms with van der Waals surface area (Å²) in [6.45, 7) is 0.379. The number of hydrogen-bond donors (Lipinski definition) is 0. The van der Waals surface area contributed by atoms with Crippen molar-refractivity contribution in [2.45, 2.75) is 6.61 Å². The zero-order valence-corrected chi connectivity index (χ0v) is 12.5. The van der Waals surface area contributed by atoms with Crippen LogP contribution in [-0.2, 0) is 6.61 Å². The lowest BCUT2D eigenvalue weighted by Gasteiger charge is -2.09. The Morgan fingerprint density at radius 1 is 1.11 bits per heavy atom. The van der Waals surface area contributed by atoms with E-state index < -0.39 is 0 Å². The summed E-state index contributed by atoms with van der Waals surface area (Å²) >= 11 is 6.82. The third kappa shape index (κ3) is 3.12. The molecular weight excluding hydrogens is 358 g/mol. The van der Waals surface area contributed by atoms with Crippen LogP contribution in [0.15, 0.2) is 51.4 Å². The summed E-state index contributed by atoms with van der Waals surface area (Å²) in [7, 11) is 0. The Balaban J connectivity index is 2.14. The molecule has 0 N–H and O–H groups in total. The molecule has 90 valence electrons. The van der Waals surface area contributed by atoms with Crippen molar-refractivity contribution in [2.24, 2.45) is 0 Å². The molecule has 2 aromatic rings. The van der Waals surface area contributed by atoms with Gasteiger partial charge in [-0.15, -0.1) is 0 Å². The molecule has 0 aliphatic rings. The summed E-state index contributed by atoms with van der Waals surface area (Å²) in [4.78, 5) is 0. The summed E-state index contributed by atoms with van der Waals surface area (Å²) in [6, 6.07) is 15.3. The molecule has 2 rings (SSSR count). The van der Waals surface area contributed by atoms with Crippen molar-refractivity contribution < 1.29 is 4.74 Å². The molecule has 0 bridgehead atoms. The van der Waals surface area contributed by atoms with Gasteiger partial charge in [0.05, 0.1) is 16.1 Å². The number of halogens is 2. The normalized spacial score (nSPS) is 9.83. The molecule has 0 amide bonds. The van der Waals surface area contributed by atoms with Gasteiger partial charge in [0.1, 0.15) is 12.4 Å². The van der Waals surface area contributed by atoms with E-state index in [9.17, 15) is 0 Å². The van der Waals surface area contributed by atoms with Crippen molar-refractivity contribution in [3.8, 4) is 11.8 Å². The van der Waals surface area contributed by atoms with Crippen LogP contribution >= 0.6 is 31.9 Å². The third-order valence-electron chi connectivity index (χ3n) is 2.41. The molecule has 0 heterocycles. The number of benzene rings is 2. The minimum absolute atomic E-state index is 0.379. The Labute approximate surface area is 122 Å². The van der Waals surface area contributed by atoms with Gasteiger partial charge in [0.15, 0.2) is 0 Å². The molecule has 0 aliphatic carbocycles. The molecule has 2 nitrogen and oxygen atoms in total. The summed E-state index contributed by atoms with van der Waals surface area (Å²) in [6.07, 6.45) is 0. The first-order chi connectivity index (χ1) is 8.70. The smallest absolute Gasteiger partial charge is 0.134 e. The van der Waals surface area contributed by atoms with Gasteiger partial charge in [-0.3, -0.25) is 0 Å². The first kappa shape index (κ1) is 13.1. The van der Waals surface area contributed by atoms with Gasteiger partial charge in [-0.2, -0.15) is 5.26 Å². The Morgan fingerprint density at radius 2 is 1.89 bits per heavy atom. The largest absolute Gasteiger partial charge is 0.488 e. The van der Waals surface area contributed by atoms with Gasteiger partial charge in [0.2, 0.25) is 0 Å². The van der Waals surface area contributed by atoms with Gasteiger partial charge in [0.25, 0.3) is 0 Å². The number of nitrogens with zero attached hydrogens (tertiary/aromatic N) is 1. The van der Waals surface area contributed by atoms with E-state index in [1.807, 2.05) is 36.4 Å². The molecule has 18 heavy (non-hydrogen) atoms. The number of hydrogen-bond acceptors (Lipinski definition) is 2. The highest BCUT2D eigenvalue weighted by molar-refractivity contribution is 9.11. The summed E-state index contributed by atoms with van der Waals surface area (Å²) < 4.78 is 7.57. The molecule has 0 fully saturated rings. The van der Waals surface area contributed by atoms with Gasteiger partial charge in [-0.1, -0.05) is 34.1 Å². The van der Waals surface area contributed by atoms with Gasteiger partial charge in [0, 0.05) is 10.0 Å². The predicted octanol–water partition coefficient (Wildman–Crippen LogP) is 4.66. The average Bonchev–Trinajstić information content (AvgIpc) is 2.38. The Hall–Kier alpha value is -1.31. The minimum Gasteiger partial charge on any atom is -0.488 e. The SMILES string of the molecule is N#Cc1ccccc1COc1ccc(Br)cc1Br. The molecule has 0 spiro atoms. The highest BCUT2D eigenvalue weighted by Crippen LogP contribution is 2.29. The maximum Gasteiger partial charge on any atom is 0.134 e. The average molecular weight is 367 g/mol. The Bertz CT molecular complexity index is 605. The van der Waals surface area contributed by atoms with E-state index in [-0.39, 0.29) is 0 Å². The fourth-order valence-electron chi connectivity index (χ4n) is 1.50. The number of ether oxygens (including phenoxy) is 1. The van der Waals surface area contributed by atoms with E-state index in [4.69, 9.17) is 10.00 Å². The fraction of sp³-hybridized carbons (Fsp3) is 0.0714.